The maximum absolute atomic E-state index is 2.55. The van der Waals surface area contributed by atoms with Crippen molar-refractivity contribution in [3.63, 3.8) is 0 Å². The lowest BCUT2D eigenvalue weighted by molar-refractivity contribution is 1.66. The van der Waals surface area contributed by atoms with Gasteiger partial charge in [0.15, 0.2) is 0 Å². The molecule has 0 aliphatic carbocycles. The Labute approximate surface area is 217 Å². The molecule has 0 N–H and O–H groups in total. The SMILES string of the molecule is C(=C(\C=C\c1ccccc1)P(c1ccccc1)c1ccccc1)/P(c1ccccc1)c1ccccc1. The van der Waals surface area contributed by atoms with Crippen LogP contribution in [0.25, 0.3) is 6.08 Å². The minimum absolute atomic E-state index is 0.681. The second-order valence-corrected chi connectivity index (χ2v) is 12.6. The van der Waals surface area contributed by atoms with Crippen LogP contribution < -0.4 is 21.2 Å². The molecule has 0 aliphatic heterocycles. The average molecular weight is 499 g/mol. The highest BCUT2D eigenvalue weighted by molar-refractivity contribution is 7.80. The van der Waals surface area contributed by atoms with Crippen molar-refractivity contribution in [3.8, 4) is 0 Å². The Morgan fingerprint density at radius 1 is 0.417 bits per heavy atom. The van der Waals surface area contributed by atoms with Gasteiger partial charge >= 0.3 is 0 Å². The fourth-order valence-electron chi connectivity index (χ4n) is 4.13. The quantitative estimate of drug-likeness (QED) is 0.151. The van der Waals surface area contributed by atoms with Crippen molar-refractivity contribution >= 4 is 43.1 Å². The first kappa shape index (κ1) is 24.1. The summed E-state index contributed by atoms with van der Waals surface area (Å²) in [5.74, 6) is 2.55. The fourth-order valence-corrected chi connectivity index (χ4v) is 8.93. The molecule has 0 heterocycles. The van der Waals surface area contributed by atoms with Crippen molar-refractivity contribution in [2.45, 2.75) is 0 Å². The molecule has 0 fully saturated rings. The van der Waals surface area contributed by atoms with Crippen molar-refractivity contribution in [3.05, 3.63) is 174 Å². The zero-order valence-corrected chi connectivity index (χ0v) is 21.8. The summed E-state index contributed by atoms with van der Waals surface area (Å²) in [5.41, 5.74) is 1.21. The third-order valence-electron chi connectivity index (χ3n) is 5.86. The summed E-state index contributed by atoms with van der Waals surface area (Å²) in [7, 11) is -1.41. The van der Waals surface area contributed by atoms with Gasteiger partial charge in [-0.25, -0.2) is 0 Å². The summed E-state index contributed by atoms with van der Waals surface area (Å²) in [6.45, 7) is 0. The molecule has 0 nitrogen and oxygen atoms in total. The van der Waals surface area contributed by atoms with Gasteiger partial charge in [-0.1, -0.05) is 164 Å². The van der Waals surface area contributed by atoms with E-state index in [4.69, 9.17) is 0 Å². The molecule has 36 heavy (non-hydrogen) atoms. The van der Waals surface area contributed by atoms with E-state index in [0.29, 0.717) is 0 Å². The first-order valence-electron chi connectivity index (χ1n) is 12.1. The van der Waals surface area contributed by atoms with Crippen molar-refractivity contribution in [1.82, 2.24) is 0 Å². The molecule has 0 spiro atoms. The van der Waals surface area contributed by atoms with Crippen LogP contribution in [0, 0.1) is 0 Å². The number of allylic oxidation sites excluding steroid dienone is 2. The van der Waals surface area contributed by atoms with Gasteiger partial charge in [-0.15, -0.1) is 0 Å². The minimum atomic E-state index is -0.733. The lowest BCUT2D eigenvalue weighted by atomic mass is 10.2. The lowest BCUT2D eigenvalue weighted by Crippen LogP contribution is -2.14. The molecule has 0 bridgehead atoms. The van der Waals surface area contributed by atoms with E-state index in [1.165, 1.54) is 32.1 Å². The van der Waals surface area contributed by atoms with E-state index in [9.17, 15) is 0 Å². The highest BCUT2D eigenvalue weighted by atomic mass is 31.1. The molecule has 0 aromatic heterocycles. The van der Waals surface area contributed by atoms with Crippen LogP contribution in [0.2, 0.25) is 0 Å². The van der Waals surface area contributed by atoms with Crippen molar-refractivity contribution in [2.75, 3.05) is 0 Å². The fraction of sp³-hybridized carbons (Fsp3) is 0. The summed E-state index contributed by atoms with van der Waals surface area (Å²) in [6.07, 6.45) is 4.61. The van der Waals surface area contributed by atoms with Gasteiger partial charge in [0.2, 0.25) is 0 Å². The second-order valence-electron chi connectivity index (χ2n) is 8.35. The number of rotatable bonds is 8. The van der Waals surface area contributed by atoms with E-state index >= 15 is 0 Å². The summed E-state index contributed by atoms with van der Waals surface area (Å²) in [6, 6.07) is 54.4. The number of hydrogen-bond acceptors (Lipinski definition) is 0. The Morgan fingerprint density at radius 3 is 1.19 bits per heavy atom. The van der Waals surface area contributed by atoms with Crippen molar-refractivity contribution < 1.29 is 0 Å². The van der Waals surface area contributed by atoms with Crippen LogP contribution in [-0.4, -0.2) is 0 Å². The van der Waals surface area contributed by atoms with Crippen LogP contribution in [0.1, 0.15) is 5.56 Å². The lowest BCUT2D eigenvalue weighted by Gasteiger charge is -2.23. The standard InChI is InChI=1S/C34H28P2/c1-6-16-29(17-7-1)26-27-34(36(32-22-12-4-13-23-32)33-24-14-5-15-25-33)28-35(30-18-8-2-9-19-30)31-20-10-3-11-21-31/h1-28H/b27-26+,34-28-. The maximum atomic E-state index is 2.55. The molecule has 174 valence electrons. The summed E-state index contributed by atoms with van der Waals surface area (Å²) < 4.78 is 0. The predicted molar refractivity (Wildman–Crippen MR) is 162 cm³/mol. The summed E-state index contributed by atoms with van der Waals surface area (Å²) in [4.78, 5) is 0. The van der Waals surface area contributed by atoms with Gasteiger partial charge in [0.05, 0.1) is 0 Å². The van der Waals surface area contributed by atoms with Crippen LogP contribution in [0.4, 0.5) is 0 Å². The molecular formula is C34H28P2. The smallest absolute Gasteiger partial charge is 0.0134 e. The van der Waals surface area contributed by atoms with Crippen LogP contribution in [-0.2, 0) is 0 Å². The largest absolute Gasteiger partial charge is 0.0622 e. The first-order chi connectivity index (χ1) is 17.9. The summed E-state index contributed by atoms with van der Waals surface area (Å²) in [5, 5.41) is 6.81. The molecule has 0 atom stereocenters. The number of hydrogen-bond donors (Lipinski definition) is 0. The molecule has 5 rings (SSSR count). The Hall–Kier alpha value is -3.56. The monoisotopic (exact) mass is 498 g/mol. The maximum Gasteiger partial charge on any atom is -0.0134 e. The molecule has 2 heteroatoms. The van der Waals surface area contributed by atoms with Gasteiger partial charge in [0.25, 0.3) is 0 Å². The molecular weight excluding hydrogens is 470 g/mol. The van der Waals surface area contributed by atoms with E-state index in [-0.39, 0.29) is 0 Å². The third-order valence-corrected chi connectivity index (χ3v) is 10.7. The van der Waals surface area contributed by atoms with Gasteiger partial charge in [-0.3, -0.25) is 0 Å². The molecule has 0 saturated heterocycles. The second kappa shape index (κ2) is 12.4. The highest BCUT2D eigenvalue weighted by Crippen LogP contribution is 2.49. The first-order valence-corrected chi connectivity index (χ1v) is 14.9. The Bertz CT molecular complexity index is 1320. The van der Waals surface area contributed by atoms with E-state index in [2.05, 4.69) is 170 Å². The highest BCUT2D eigenvalue weighted by Gasteiger charge is 2.20. The third kappa shape index (κ3) is 6.16. The molecule has 0 radical (unpaired) electrons. The van der Waals surface area contributed by atoms with Gasteiger partial charge in [0, 0.05) is 0 Å². The van der Waals surface area contributed by atoms with Crippen molar-refractivity contribution in [2.24, 2.45) is 0 Å². The van der Waals surface area contributed by atoms with Gasteiger partial charge in [-0.2, -0.15) is 0 Å². The van der Waals surface area contributed by atoms with Gasteiger partial charge in [0.1, 0.15) is 0 Å². The normalized spacial score (nSPS) is 11.9. The Balaban J connectivity index is 1.71. The van der Waals surface area contributed by atoms with E-state index in [1.54, 1.807) is 0 Å². The zero-order valence-electron chi connectivity index (χ0n) is 20.1. The van der Waals surface area contributed by atoms with Crippen LogP contribution in [0.5, 0.6) is 0 Å². The molecule has 5 aromatic rings. The van der Waals surface area contributed by atoms with Gasteiger partial charge < -0.3 is 0 Å². The minimum Gasteiger partial charge on any atom is -0.0622 e. The Kier molecular flexibility index (Phi) is 8.33. The topological polar surface area (TPSA) is 0 Å². The van der Waals surface area contributed by atoms with Crippen LogP contribution >= 0.6 is 15.8 Å². The zero-order chi connectivity index (χ0) is 24.4. The molecule has 0 aliphatic rings. The van der Waals surface area contributed by atoms with Gasteiger partial charge in [-0.05, 0) is 53.8 Å². The predicted octanol–water partition coefficient (Wildman–Crippen LogP) is 7.81. The van der Waals surface area contributed by atoms with E-state index < -0.39 is 15.8 Å². The summed E-state index contributed by atoms with van der Waals surface area (Å²) >= 11 is 0. The van der Waals surface area contributed by atoms with E-state index in [0.717, 1.165) is 0 Å². The molecule has 5 aromatic carbocycles. The van der Waals surface area contributed by atoms with Crippen molar-refractivity contribution in [1.29, 1.82) is 0 Å². The van der Waals surface area contributed by atoms with Crippen LogP contribution in [0.3, 0.4) is 0 Å². The Morgan fingerprint density at radius 2 is 0.778 bits per heavy atom. The average Bonchev–Trinajstić information content (AvgIpc) is 2.97. The van der Waals surface area contributed by atoms with E-state index in [1.807, 2.05) is 0 Å². The van der Waals surface area contributed by atoms with Crippen LogP contribution in [0.15, 0.2) is 169 Å². The molecule has 0 amide bonds. The molecule has 0 saturated carbocycles. The number of benzene rings is 5. The molecule has 0 unspecified atom stereocenters.